The lowest BCUT2D eigenvalue weighted by Gasteiger charge is -2.13. The lowest BCUT2D eigenvalue weighted by molar-refractivity contribution is 0.0168. The lowest BCUT2D eigenvalue weighted by atomic mass is 10.1. The maximum Gasteiger partial charge on any atom is 0.190 e. The summed E-state index contributed by atoms with van der Waals surface area (Å²) in [5.74, 6) is 0.855. The highest BCUT2D eigenvalue weighted by molar-refractivity contribution is 14.0. The second-order valence-electron chi connectivity index (χ2n) is 6.95. The molecule has 1 aliphatic rings. The molecule has 1 aromatic heterocycles. The van der Waals surface area contributed by atoms with Crippen LogP contribution in [0.1, 0.15) is 31.2 Å². The molecule has 156 valence electrons. The van der Waals surface area contributed by atoms with Gasteiger partial charge in [-0.2, -0.15) is 0 Å². The number of nitrogens with zero attached hydrogens (tertiary/aromatic N) is 1. The van der Waals surface area contributed by atoms with Crippen LogP contribution in [0.5, 0.6) is 0 Å². The molecule has 0 saturated carbocycles. The van der Waals surface area contributed by atoms with Crippen LogP contribution in [0.3, 0.4) is 0 Å². The van der Waals surface area contributed by atoms with E-state index in [9.17, 15) is 0 Å². The second-order valence-corrected chi connectivity index (χ2v) is 6.95. The SMILES string of the molecule is CN=C(NCCCOCC1CCCO1)NCCCc1c[nH]c2ccccc12.I. The molecular weight excluding hydrogens is 467 g/mol. The third-order valence-electron chi connectivity index (χ3n) is 4.90. The van der Waals surface area contributed by atoms with E-state index in [1.807, 2.05) is 7.05 Å². The Morgan fingerprint density at radius 1 is 1.25 bits per heavy atom. The zero-order valence-corrected chi connectivity index (χ0v) is 19.0. The Balaban J connectivity index is 0.00000280. The van der Waals surface area contributed by atoms with Crippen LogP contribution in [-0.2, 0) is 15.9 Å². The number of nitrogens with one attached hydrogen (secondary N) is 3. The minimum absolute atomic E-state index is 0. The van der Waals surface area contributed by atoms with Crippen LogP contribution in [0, 0.1) is 0 Å². The maximum atomic E-state index is 5.68. The summed E-state index contributed by atoms with van der Waals surface area (Å²) in [7, 11) is 1.81. The maximum absolute atomic E-state index is 5.68. The topological polar surface area (TPSA) is 70.7 Å². The van der Waals surface area contributed by atoms with E-state index in [2.05, 4.69) is 51.1 Å². The van der Waals surface area contributed by atoms with Gasteiger partial charge in [0.15, 0.2) is 5.96 Å². The molecule has 1 aromatic carbocycles. The first-order valence-corrected chi connectivity index (χ1v) is 10.1. The van der Waals surface area contributed by atoms with Crippen molar-refractivity contribution in [3.05, 3.63) is 36.0 Å². The minimum Gasteiger partial charge on any atom is -0.379 e. The number of aryl methyl sites for hydroxylation is 1. The van der Waals surface area contributed by atoms with Crippen LogP contribution in [0.25, 0.3) is 10.9 Å². The molecule has 1 fully saturated rings. The van der Waals surface area contributed by atoms with Gasteiger partial charge in [0.1, 0.15) is 0 Å². The van der Waals surface area contributed by atoms with E-state index >= 15 is 0 Å². The standard InChI is InChI=1S/C21H32N4O2.HI/c1-22-21(24-12-6-13-26-16-18-8-5-14-27-18)23-11-4-7-17-15-25-20-10-3-2-9-19(17)20;/h2-3,9-10,15,18,25H,4-8,11-14,16H2,1H3,(H2,22,23,24);1H. The zero-order valence-electron chi connectivity index (χ0n) is 16.7. The van der Waals surface area contributed by atoms with Crippen LogP contribution < -0.4 is 10.6 Å². The smallest absolute Gasteiger partial charge is 0.190 e. The lowest BCUT2D eigenvalue weighted by Crippen LogP contribution is -2.38. The van der Waals surface area contributed by atoms with Crippen molar-refractivity contribution < 1.29 is 9.47 Å². The van der Waals surface area contributed by atoms with Crippen molar-refractivity contribution in [2.24, 2.45) is 4.99 Å². The third-order valence-corrected chi connectivity index (χ3v) is 4.90. The molecule has 6 nitrogen and oxygen atoms in total. The van der Waals surface area contributed by atoms with Gasteiger partial charge in [0.25, 0.3) is 0 Å². The van der Waals surface area contributed by atoms with Gasteiger partial charge in [-0.1, -0.05) is 18.2 Å². The van der Waals surface area contributed by atoms with Gasteiger partial charge in [0.05, 0.1) is 12.7 Å². The molecule has 1 unspecified atom stereocenters. The summed E-state index contributed by atoms with van der Waals surface area (Å²) >= 11 is 0. The summed E-state index contributed by atoms with van der Waals surface area (Å²) < 4.78 is 11.2. The van der Waals surface area contributed by atoms with Crippen LogP contribution in [0.2, 0.25) is 0 Å². The van der Waals surface area contributed by atoms with Crippen molar-refractivity contribution in [3.8, 4) is 0 Å². The highest BCUT2D eigenvalue weighted by Crippen LogP contribution is 2.18. The van der Waals surface area contributed by atoms with E-state index in [0.717, 1.165) is 71.0 Å². The number of hydrogen-bond donors (Lipinski definition) is 3. The molecular formula is C21H33IN4O2. The van der Waals surface area contributed by atoms with Gasteiger partial charge in [-0.15, -0.1) is 24.0 Å². The van der Waals surface area contributed by atoms with Crippen molar-refractivity contribution in [3.63, 3.8) is 0 Å². The molecule has 28 heavy (non-hydrogen) atoms. The minimum atomic E-state index is 0. The fraction of sp³-hybridized carbons (Fsp3) is 0.571. The van der Waals surface area contributed by atoms with Crippen molar-refractivity contribution in [1.82, 2.24) is 15.6 Å². The van der Waals surface area contributed by atoms with Crippen LogP contribution in [0.15, 0.2) is 35.5 Å². The molecule has 0 spiro atoms. The Hall–Kier alpha value is -1.32. The van der Waals surface area contributed by atoms with E-state index < -0.39 is 0 Å². The van der Waals surface area contributed by atoms with Gasteiger partial charge in [-0.05, 0) is 43.7 Å². The van der Waals surface area contributed by atoms with Crippen molar-refractivity contribution in [2.75, 3.05) is 40.0 Å². The number of ether oxygens (including phenoxy) is 2. The Labute approximate surface area is 184 Å². The number of benzene rings is 1. The predicted octanol–water partition coefficient (Wildman–Crippen LogP) is 3.47. The number of aliphatic imine (C=N–C) groups is 1. The molecule has 2 aromatic rings. The first-order chi connectivity index (χ1) is 13.4. The molecule has 0 amide bonds. The van der Waals surface area contributed by atoms with Crippen LogP contribution in [-0.4, -0.2) is 57.0 Å². The predicted molar refractivity (Wildman–Crippen MR) is 126 cm³/mol. The number of guanidine groups is 1. The first kappa shape index (κ1) is 23.0. The summed E-state index contributed by atoms with van der Waals surface area (Å²) in [6, 6.07) is 8.45. The fourth-order valence-electron chi connectivity index (χ4n) is 3.42. The summed E-state index contributed by atoms with van der Waals surface area (Å²) in [6.07, 6.45) is 7.80. The molecule has 3 N–H and O–H groups in total. The van der Waals surface area contributed by atoms with Crippen molar-refractivity contribution in [1.29, 1.82) is 0 Å². The molecule has 1 atom stereocenters. The van der Waals surface area contributed by atoms with Crippen molar-refractivity contribution in [2.45, 2.75) is 38.2 Å². The third kappa shape index (κ3) is 7.25. The number of rotatable bonds is 10. The van der Waals surface area contributed by atoms with Gasteiger partial charge in [0.2, 0.25) is 0 Å². The van der Waals surface area contributed by atoms with E-state index in [1.165, 1.54) is 16.5 Å². The highest BCUT2D eigenvalue weighted by Gasteiger charge is 2.14. The molecule has 0 aliphatic carbocycles. The molecule has 1 aliphatic heterocycles. The zero-order chi connectivity index (χ0) is 18.7. The number of fused-ring (bicyclic) bond motifs is 1. The largest absolute Gasteiger partial charge is 0.379 e. The number of hydrogen-bond acceptors (Lipinski definition) is 3. The number of H-pyrrole nitrogens is 1. The first-order valence-electron chi connectivity index (χ1n) is 10.1. The monoisotopic (exact) mass is 500 g/mol. The average Bonchev–Trinajstić information content (AvgIpc) is 3.36. The van der Waals surface area contributed by atoms with E-state index in [0.29, 0.717) is 6.10 Å². The molecule has 7 heteroatoms. The van der Waals surface area contributed by atoms with E-state index in [4.69, 9.17) is 9.47 Å². The van der Waals surface area contributed by atoms with Gasteiger partial charge in [-0.3, -0.25) is 4.99 Å². The number of aromatic nitrogens is 1. The Bertz CT molecular complexity index is 713. The van der Waals surface area contributed by atoms with Gasteiger partial charge in [-0.25, -0.2) is 0 Å². The molecule has 1 saturated heterocycles. The quantitative estimate of drug-likeness (QED) is 0.202. The van der Waals surface area contributed by atoms with Gasteiger partial charge < -0.3 is 25.1 Å². The molecule has 2 heterocycles. The van der Waals surface area contributed by atoms with Crippen LogP contribution in [0.4, 0.5) is 0 Å². The van der Waals surface area contributed by atoms with E-state index in [1.54, 1.807) is 0 Å². The fourth-order valence-corrected chi connectivity index (χ4v) is 3.42. The molecule has 3 rings (SSSR count). The van der Waals surface area contributed by atoms with Crippen molar-refractivity contribution >= 4 is 40.8 Å². The summed E-state index contributed by atoms with van der Waals surface area (Å²) in [6.45, 7) is 4.12. The summed E-state index contributed by atoms with van der Waals surface area (Å²) in [5, 5.41) is 8.05. The Kier molecular flexibility index (Phi) is 10.7. The highest BCUT2D eigenvalue weighted by atomic mass is 127. The molecule has 0 radical (unpaired) electrons. The Morgan fingerprint density at radius 3 is 2.86 bits per heavy atom. The normalized spacial score (nSPS) is 16.9. The second kappa shape index (κ2) is 13.0. The van der Waals surface area contributed by atoms with E-state index in [-0.39, 0.29) is 24.0 Å². The number of para-hydroxylation sites is 1. The van der Waals surface area contributed by atoms with Crippen LogP contribution >= 0.6 is 24.0 Å². The number of aromatic amines is 1. The Morgan fingerprint density at radius 2 is 2.07 bits per heavy atom. The summed E-state index contributed by atoms with van der Waals surface area (Å²) in [4.78, 5) is 7.62. The van der Waals surface area contributed by atoms with Gasteiger partial charge >= 0.3 is 0 Å². The molecule has 0 bridgehead atoms. The van der Waals surface area contributed by atoms with Gasteiger partial charge in [0, 0.05) is 50.5 Å². The summed E-state index contributed by atoms with van der Waals surface area (Å²) in [5.41, 5.74) is 2.58. The number of halogens is 1. The average molecular weight is 500 g/mol.